The Morgan fingerprint density at radius 2 is 2.29 bits per heavy atom. The first-order valence-corrected chi connectivity index (χ1v) is 9.51. The van der Waals surface area contributed by atoms with Crippen molar-refractivity contribution in [2.24, 2.45) is 0 Å². The molecule has 120 valence electrons. The second-order valence-corrected chi connectivity index (χ2v) is 8.37. The van der Waals surface area contributed by atoms with E-state index in [1.54, 1.807) is 16.9 Å². The molecule has 1 unspecified atom stereocenters. The minimum absolute atomic E-state index is 0.0544. The standard InChI is InChI=1S/C13H24N4O2S2/c1-11-13(20-10-15-11)9-16(3)21(18,19)17-7-5-4-6-12(17)8-14-2/h10,12,14H,4-9H2,1-3H3. The maximum atomic E-state index is 12.8. The van der Waals surface area contributed by atoms with Gasteiger partial charge in [0.25, 0.3) is 10.2 Å². The van der Waals surface area contributed by atoms with Crippen LogP contribution in [-0.4, -0.2) is 55.2 Å². The predicted molar refractivity (Wildman–Crippen MR) is 85.5 cm³/mol. The predicted octanol–water partition coefficient (Wildman–Crippen LogP) is 1.20. The molecule has 1 aliphatic rings. The number of likely N-dealkylation sites (N-methyl/N-ethyl adjacent to an activating group) is 1. The van der Waals surface area contributed by atoms with E-state index in [9.17, 15) is 8.42 Å². The topological polar surface area (TPSA) is 65.5 Å². The molecule has 8 heteroatoms. The van der Waals surface area contributed by atoms with Crippen molar-refractivity contribution in [1.82, 2.24) is 18.9 Å². The lowest BCUT2D eigenvalue weighted by Gasteiger charge is -2.36. The van der Waals surface area contributed by atoms with Crippen LogP contribution in [0.1, 0.15) is 29.8 Å². The first kappa shape index (κ1) is 16.8. The SMILES string of the molecule is CNCC1CCCCN1S(=O)(=O)N(C)Cc1scnc1C. The van der Waals surface area contributed by atoms with Crippen molar-refractivity contribution < 1.29 is 8.42 Å². The summed E-state index contributed by atoms with van der Waals surface area (Å²) in [5, 5.41) is 3.10. The number of thiazole rings is 1. The van der Waals surface area contributed by atoms with Gasteiger partial charge in [0.1, 0.15) is 0 Å². The molecular weight excluding hydrogens is 308 g/mol. The molecule has 2 rings (SSSR count). The molecule has 1 aliphatic heterocycles. The smallest absolute Gasteiger partial charge is 0.282 e. The molecule has 21 heavy (non-hydrogen) atoms. The molecule has 6 nitrogen and oxygen atoms in total. The van der Waals surface area contributed by atoms with Crippen molar-refractivity contribution in [2.75, 3.05) is 27.2 Å². The van der Waals surface area contributed by atoms with Gasteiger partial charge in [-0.3, -0.25) is 0 Å². The summed E-state index contributed by atoms with van der Waals surface area (Å²) in [7, 11) is 0.0965. The number of hydrogen-bond acceptors (Lipinski definition) is 5. The number of nitrogens with zero attached hydrogens (tertiary/aromatic N) is 3. The van der Waals surface area contributed by atoms with Gasteiger partial charge in [0.15, 0.2) is 0 Å². The summed E-state index contributed by atoms with van der Waals surface area (Å²) in [6, 6.07) is 0.0544. The van der Waals surface area contributed by atoms with Crippen LogP contribution < -0.4 is 5.32 Å². The van der Waals surface area contributed by atoms with Gasteiger partial charge in [-0.25, -0.2) is 4.98 Å². The zero-order valence-electron chi connectivity index (χ0n) is 12.9. The normalized spacial score (nSPS) is 21.0. The van der Waals surface area contributed by atoms with E-state index in [2.05, 4.69) is 10.3 Å². The van der Waals surface area contributed by atoms with Crippen molar-refractivity contribution in [3.05, 3.63) is 16.1 Å². The largest absolute Gasteiger partial charge is 0.318 e. The van der Waals surface area contributed by atoms with Crippen LogP contribution in [0.4, 0.5) is 0 Å². The van der Waals surface area contributed by atoms with Gasteiger partial charge in [-0.05, 0) is 26.8 Å². The number of nitrogens with one attached hydrogen (secondary N) is 1. The van der Waals surface area contributed by atoms with Crippen LogP contribution in [0, 0.1) is 6.92 Å². The Balaban J connectivity index is 2.13. The third-order valence-electron chi connectivity index (χ3n) is 3.91. The fraction of sp³-hybridized carbons (Fsp3) is 0.769. The van der Waals surface area contributed by atoms with Crippen molar-refractivity contribution in [2.45, 2.75) is 38.8 Å². The number of aromatic nitrogens is 1. The Labute approximate surface area is 131 Å². The molecule has 0 radical (unpaired) electrons. The highest BCUT2D eigenvalue weighted by atomic mass is 32.2. The first-order valence-electron chi connectivity index (χ1n) is 7.23. The van der Waals surface area contributed by atoms with Gasteiger partial charge in [0.05, 0.1) is 17.7 Å². The second-order valence-electron chi connectivity index (χ2n) is 5.44. The van der Waals surface area contributed by atoms with Gasteiger partial charge in [-0.15, -0.1) is 11.3 Å². The van der Waals surface area contributed by atoms with Crippen molar-refractivity contribution in [3.8, 4) is 0 Å². The van der Waals surface area contributed by atoms with Crippen molar-refractivity contribution in [3.63, 3.8) is 0 Å². The van der Waals surface area contributed by atoms with E-state index in [-0.39, 0.29) is 6.04 Å². The second kappa shape index (κ2) is 7.15. The summed E-state index contributed by atoms with van der Waals surface area (Å²) < 4.78 is 28.7. The molecule has 0 spiro atoms. The summed E-state index contributed by atoms with van der Waals surface area (Å²) in [5.41, 5.74) is 2.67. The lowest BCUT2D eigenvalue weighted by Crippen LogP contribution is -2.52. The maximum absolute atomic E-state index is 12.8. The molecule has 1 fully saturated rings. The van der Waals surface area contributed by atoms with Crippen molar-refractivity contribution >= 4 is 21.5 Å². The minimum Gasteiger partial charge on any atom is -0.318 e. The van der Waals surface area contributed by atoms with Crippen LogP contribution in [0.3, 0.4) is 0 Å². The van der Waals surface area contributed by atoms with Gasteiger partial charge in [0.2, 0.25) is 0 Å². The number of hydrogen-bond donors (Lipinski definition) is 1. The van der Waals surface area contributed by atoms with Gasteiger partial charge in [-0.1, -0.05) is 6.42 Å². The first-order chi connectivity index (χ1) is 9.96. The fourth-order valence-corrected chi connectivity index (χ4v) is 5.14. The number of rotatable bonds is 6. The summed E-state index contributed by atoms with van der Waals surface area (Å²) >= 11 is 1.50. The van der Waals surface area contributed by atoms with Gasteiger partial charge >= 0.3 is 0 Å². The van der Waals surface area contributed by atoms with Crippen LogP contribution in [0.25, 0.3) is 0 Å². The summed E-state index contributed by atoms with van der Waals surface area (Å²) in [6.07, 6.45) is 2.95. The summed E-state index contributed by atoms with van der Waals surface area (Å²) in [4.78, 5) is 5.19. The fourth-order valence-electron chi connectivity index (χ4n) is 2.66. The molecule has 1 aromatic heterocycles. The van der Waals surface area contributed by atoms with Gasteiger partial charge in [-0.2, -0.15) is 17.0 Å². The molecule has 0 amide bonds. The molecular formula is C13H24N4O2S2. The van der Waals surface area contributed by atoms with Gasteiger partial charge < -0.3 is 5.32 Å². The third kappa shape index (κ3) is 3.81. The van der Waals surface area contributed by atoms with E-state index in [1.807, 2.05) is 14.0 Å². The third-order valence-corrected chi connectivity index (χ3v) is 6.82. The molecule has 0 aromatic carbocycles. The minimum atomic E-state index is -3.42. The van der Waals surface area contributed by atoms with E-state index in [0.29, 0.717) is 19.6 Å². The highest BCUT2D eigenvalue weighted by molar-refractivity contribution is 7.86. The average Bonchev–Trinajstić information content (AvgIpc) is 2.85. The molecule has 1 atom stereocenters. The number of aryl methyl sites for hydroxylation is 1. The Bertz CT molecular complexity index is 556. The van der Waals surface area contributed by atoms with Crippen LogP contribution in [0.2, 0.25) is 0 Å². The van der Waals surface area contributed by atoms with Crippen LogP contribution >= 0.6 is 11.3 Å². The highest BCUT2D eigenvalue weighted by Gasteiger charge is 2.34. The lowest BCUT2D eigenvalue weighted by atomic mass is 10.1. The zero-order valence-corrected chi connectivity index (χ0v) is 14.5. The van der Waals surface area contributed by atoms with Crippen molar-refractivity contribution in [1.29, 1.82) is 0 Å². The molecule has 0 aliphatic carbocycles. The Morgan fingerprint density at radius 1 is 1.52 bits per heavy atom. The van der Waals surface area contributed by atoms with Crippen LogP contribution in [0.5, 0.6) is 0 Å². The average molecular weight is 332 g/mol. The number of piperidine rings is 1. The monoisotopic (exact) mass is 332 g/mol. The Kier molecular flexibility index (Phi) is 5.73. The van der Waals surface area contributed by atoms with E-state index >= 15 is 0 Å². The molecule has 0 bridgehead atoms. The van der Waals surface area contributed by atoms with E-state index in [0.717, 1.165) is 29.8 Å². The van der Waals surface area contributed by atoms with E-state index < -0.39 is 10.2 Å². The quantitative estimate of drug-likeness (QED) is 0.850. The van der Waals surface area contributed by atoms with Crippen LogP contribution in [-0.2, 0) is 16.8 Å². The summed E-state index contributed by atoms with van der Waals surface area (Å²) in [6.45, 7) is 3.62. The lowest BCUT2D eigenvalue weighted by molar-refractivity contribution is 0.232. The molecule has 1 saturated heterocycles. The Morgan fingerprint density at radius 3 is 2.90 bits per heavy atom. The van der Waals surface area contributed by atoms with E-state index in [1.165, 1.54) is 15.6 Å². The molecule has 2 heterocycles. The van der Waals surface area contributed by atoms with E-state index in [4.69, 9.17) is 0 Å². The molecule has 0 saturated carbocycles. The highest BCUT2D eigenvalue weighted by Crippen LogP contribution is 2.24. The van der Waals surface area contributed by atoms with Gasteiger partial charge in [0, 0.05) is 31.1 Å². The summed E-state index contributed by atoms with van der Waals surface area (Å²) in [5.74, 6) is 0. The van der Waals surface area contributed by atoms with Crippen LogP contribution in [0.15, 0.2) is 5.51 Å². The zero-order chi connectivity index (χ0) is 15.5. The molecule has 1 N–H and O–H groups in total. The maximum Gasteiger partial charge on any atom is 0.282 e. The molecule has 1 aromatic rings. The Hall–Kier alpha value is -0.540.